The zero-order valence-electron chi connectivity index (χ0n) is 26.4. The number of esters is 1. The van der Waals surface area contributed by atoms with Gasteiger partial charge in [0.05, 0.1) is 23.1 Å². The zero-order valence-corrected chi connectivity index (χ0v) is 26.4. The molecule has 49 heavy (non-hydrogen) atoms. The number of rotatable bonds is 9. The van der Waals surface area contributed by atoms with Gasteiger partial charge in [0, 0.05) is 55.5 Å². The first-order valence-corrected chi connectivity index (χ1v) is 15.4. The number of fused-ring (bicyclic) bond motifs is 5. The quantitative estimate of drug-likeness (QED) is 0.153. The van der Waals surface area contributed by atoms with Crippen LogP contribution in [0.2, 0.25) is 0 Å². The first-order chi connectivity index (χ1) is 23.4. The lowest BCUT2D eigenvalue weighted by Crippen LogP contribution is -2.52. The normalized spacial score (nSPS) is 20.9. The lowest BCUT2D eigenvalue weighted by molar-refractivity contribution is -0.384. The van der Waals surface area contributed by atoms with Crippen LogP contribution in [0.3, 0.4) is 0 Å². The van der Waals surface area contributed by atoms with Crippen LogP contribution in [0.1, 0.15) is 71.1 Å². The molecule has 4 heterocycles. The summed E-state index contributed by atoms with van der Waals surface area (Å²) in [7, 11) is 0. The fraction of sp³-hybridized carbons (Fsp3) is 0.364. The summed E-state index contributed by atoms with van der Waals surface area (Å²) in [5.41, 5.74) is -1.53. The number of amides is 2. The van der Waals surface area contributed by atoms with E-state index in [4.69, 9.17) is 14.3 Å². The topological polar surface area (TPSA) is 172 Å². The smallest absolute Gasteiger partial charge is 0.313 e. The highest BCUT2D eigenvalue weighted by Gasteiger charge is 2.54. The van der Waals surface area contributed by atoms with E-state index in [2.05, 4.69) is 10.5 Å². The second kappa shape index (κ2) is 13.1. The van der Waals surface area contributed by atoms with Gasteiger partial charge in [-0.15, -0.1) is 0 Å². The molecule has 6 rings (SSSR count). The van der Waals surface area contributed by atoms with Gasteiger partial charge in [0.1, 0.15) is 17.2 Å². The molecule has 1 saturated heterocycles. The number of oxime groups is 1. The minimum atomic E-state index is -0.982. The first-order valence-electron chi connectivity index (χ1n) is 15.4. The predicted octanol–water partition coefficient (Wildman–Crippen LogP) is 3.80. The van der Waals surface area contributed by atoms with Crippen LogP contribution >= 0.6 is 0 Å². The van der Waals surface area contributed by atoms with Crippen molar-refractivity contribution in [2.45, 2.75) is 63.8 Å². The van der Waals surface area contributed by atoms with Crippen molar-refractivity contribution >= 4 is 29.2 Å². The van der Waals surface area contributed by atoms with Crippen molar-refractivity contribution in [3.63, 3.8) is 0 Å². The first kappa shape index (κ1) is 33.2. The van der Waals surface area contributed by atoms with E-state index < -0.39 is 69.5 Å². The third-order valence-corrected chi connectivity index (χ3v) is 9.04. The molecule has 3 aliphatic heterocycles. The molecule has 2 amide bonds. The molecule has 1 aromatic heterocycles. The molecule has 3 aliphatic rings. The Bertz CT molecular complexity index is 1950. The molecule has 256 valence electrons. The van der Waals surface area contributed by atoms with Crippen molar-refractivity contribution in [3.05, 3.63) is 103 Å². The van der Waals surface area contributed by atoms with Gasteiger partial charge >= 0.3 is 5.97 Å². The van der Waals surface area contributed by atoms with Gasteiger partial charge in [0.2, 0.25) is 18.0 Å². The summed E-state index contributed by atoms with van der Waals surface area (Å²) in [6, 6.07) is 7.26. The van der Waals surface area contributed by atoms with Crippen LogP contribution in [-0.4, -0.2) is 62.9 Å². The Morgan fingerprint density at radius 3 is 2.61 bits per heavy atom. The summed E-state index contributed by atoms with van der Waals surface area (Å²) >= 11 is 0. The summed E-state index contributed by atoms with van der Waals surface area (Å²) in [5, 5.41) is 17.6. The van der Waals surface area contributed by atoms with E-state index in [1.807, 2.05) is 13.8 Å². The number of pyridine rings is 1. The minimum Gasteiger partial charge on any atom is -0.451 e. The molecule has 1 N–H and O–H groups in total. The van der Waals surface area contributed by atoms with E-state index in [9.17, 15) is 38.1 Å². The number of aromatic nitrogens is 1. The monoisotopic (exact) mass is 679 g/mol. The summed E-state index contributed by atoms with van der Waals surface area (Å²) in [5.74, 6) is -4.48. The van der Waals surface area contributed by atoms with Crippen molar-refractivity contribution in [3.8, 4) is 5.75 Å². The van der Waals surface area contributed by atoms with Crippen molar-refractivity contribution in [1.82, 2.24) is 14.8 Å². The number of ether oxygens (including phenoxy) is 2. The Morgan fingerprint density at radius 2 is 1.94 bits per heavy atom. The van der Waals surface area contributed by atoms with Crippen LogP contribution in [0.5, 0.6) is 5.75 Å². The third-order valence-electron chi connectivity index (χ3n) is 9.04. The van der Waals surface area contributed by atoms with Crippen molar-refractivity contribution in [2.24, 2.45) is 5.16 Å². The molecule has 2 bridgehead atoms. The molecular formula is C33H31F2N5O9. The molecule has 0 saturated carbocycles. The van der Waals surface area contributed by atoms with E-state index in [1.54, 1.807) is 4.90 Å². The Balaban J connectivity index is 1.33. The highest BCUT2D eigenvalue weighted by atomic mass is 19.1. The number of benzene rings is 2. The van der Waals surface area contributed by atoms with E-state index >= 15 is 0 Å². The fourth-order valence-corrected chi connectivity index (χ4v) is 6.45. The molecule has 0 unspecified atom stereocenters. The van der Waals surface area contributed by atoms with Crippen LogP contribution in [0.15, 0.2) is 58.6 Å². The summed E-state index contributed by atoms with van der Waals surface area (Å²) in [4.78, 5) is 72.0. The Kier molecular flexibility index (Phi) is 8.88. The Labute approximate surface area is 277 Å². The molecule has 1 fully saturated rings. The third kappa shape index (κ3) is 6.45. The number of nitrogens with one attached hydrogen (secondary N) is 1. The fourth-order valence-electron chi connectivity index (χ4n) is 6.45. The zero-order chi connectivity index (χ0) is 35.0. The van der Waals surface area contributed by atoms with Gasteiger partial charge in [-0.1, -0.05) is 23.4 Å². The number of nitrogens with zero attached hydrogens (tertiary/aromatic N) is 4. The number of halogens is 2. The van der Waals surface area contributed by atoms with E-state index in [0.29, 0.717) is 30.9 Å². The van der Waals surface area contributed by atoms with Crippen LogP contribution in [0, 0.1) is 21.7 Å². The van der Waals surface area contributed by atoms with Gasteiger partial charge in [-0.05, 0) is 38.3 Å². The van der Waals surface area contributed by atoms with E-state index in [1.165, 1.54) is 35.0 Å². The molecule has 3 atom stereocenters. The summed E-state index contributed by atoms with van der Waals surface area (Å²) in [6.07, 6.45) is 2.48. The minimum absolute atomic E-state index is 0.0290. The van der Waals surface area contributed by atoms with Gasteiger partial charge in [-0.2, -0.15) is 0 Å². The van der Waals surface area contributed by atoms with Crippen molar-refractivity contribution in [2.75, 3.05) is 13.3 Å². The van der Waals surface area contributed by atoms with Gasteiger partial charge in [-0.3, -0.25) is 29.3 Å². The molecule has 2 aromatic carbocycles. The predicted molar refractivity (Wildman–Crippen MR) is 167 cm³/mol. The highest BCUT2D eigenvalue weighted by molar-refractivity contribution is 5.99. The number of carbonyl (C=O) groups excluding carboxylic acids is 3. The standard InChI is InChI=1S/C33H31F2N5O9/c1-18-13-33(49-37-18)10-9-19(2)38-16-26(33)39-15-24(31(43)36-14-21-5-6-22(34)12-25(21)35)29(42)30(28(39)32(38)44)48-17-47-27(41)11-20-3-7-23(8-4-20)40(45)46/h3-8,12,15,19,26H,9-11,13-14,16-17H2,1-2H3,(H,36,43)/t19-,26+,33-/m0/s1. The van der Waals surface area contributed by atoms with Crippen LogP contribution in [-0.2, 0) is 27.3 Å². The van der Waals surface area contributed by atoms with Crippen LogP contribution in [0.25, 0.3) is 0 Å². The number of nitro groups is 1. The second-order valence-corrected chi connectivity index (χ2v) is 12.3. The maximum atomic E-state index is 14.3. The number of hydrogen-bond acceptors (Lipinski definition) is 10. The Hall–Kier alpha value is -5.67. The van der Waals surface area contributed by atoms with Gasteiger partial charge in [0.15, 0.2) is 11.3 Å². The number of non-ortho nitro benzene ring substituents is 1. The Morgan fingerprint density at radius 1 is 1.18 bits per heavy atom. The summed E-state index contributed by atoms with van der Waals surface area (Å²) in [6.45, 7) is 2.69. The lowest BCUT2D eigenvalue weighted by atomic mass is 9.84. The van der Waals surface area contributed by atoms with Gasteiger partial charge in [0.25, 0.3) is 17.5 Å². The molecule has 0 aliphatic carbocycles. The van der Waals surface area contributed by atoms with Crippen LogP contribution < -0.4 is 15.5 Å². The average molecular weight is 680 g/mol. The molecule has 3 aromatic rings. The molecular weight excluding hydrogens is 648 g/mol. The van der Waals surface area contributed by atoms with Gasteiger partial charge in [-0.25, -0.2) is 8.78 Å². The average Bonchev–Trinajstić information content (AvgIpc) is 3.39. The second-order valence-electron chi connectivity index (χ2n) is 12.3. The highest BCUT2D eigenvalue weighted by Crippen LogP contribution is 2.46. The lowest BCUT2D eigenvalue weighted by Gasteiger charge is -2.42. The molecule has 14 nitrogen and oxygen atoms in total. The maximum absolute atomic E-state index is 14.3. The van der Waals surface area contributed by atoms with Gasteiger partial charge < -0.3 is 29.1 Å². The molecule has 16 heteroatoms. The number of carbonyl (C=O) groups is 3. The van der Waals surface area contributed by atoms with Crippen LogP contribution in [0.4, 0.5) is 14.5 Å². The number of hydrogen-bond donors (Lipinski definition) is 1. The maximum Gasteiger partial charge on any atom is 0.313 e. The summed E-state index contributed by atoms with van der Waals surface area (Å²) < 4.78 is 40.1. The SMILES string of the molecule is CC1=NO[C@@]2(CC[C@H](C)N3C[C@H]2n2cc(C(=O)NCc4ccc(F)cc4F)c(=O)c(OCOC(=O)Cc4ccc([N+](=O)[O-])cc4)c2C3=O)C1. The van der Waals surface area contributed by atoms with Crippen molar-refractivity contribution < 1.29 is 42.4 Å². The molecule has 0 radical (unpaired) electrons. The van der Waals surface area contributed by atoms with E-state index in [0.717, 1.165) is 17.8 Å². The van der Waals surface area contributed by atoms with Crippen molar-refractivity contribution in [1.29, 1.82) is 0 Å². The largest absolute Gasteiger partial charge is 0.451 e. The molecule has 1 spiro atoms. The van der Waals surface area contributed by atoms with E-state index in [-0.39, 0.29) is 42.5 Å². The number of nitro benzene ring substituents is 1.